The highest BCUT2D eigenvalue weighted by Crippen LogP contribution is 2.13. The SMILES string of the molecule is C=CCn1c(=O)n(CC=C)c(=O)n(CC(=O)NC(=O)Nc2ccc(C)c(C)c2)c1=O. The van der Waals surface area contributed by atoms with Gasteiger partial charge in [0, 0.05) is 5.69 Å². The van der Waals surface area contributed by atoms with Crippen LogP contribution in [0.2, 0.25) is 0 Å². The number of urea groups is 1. The van der Waals surface area contributed by atoms with E-state index in [1.807, 2.05) is 19.9 Å². The first-order valence-electron chi connectivity index (χ1n) is 9.04. The highest BCUT2D eigenvalue weighted by atomic mass is 16.2. The summed E-state index contributed by atoms with van der Waals surface area (Å²) in [7, 11) is 0. The Bertz CT molecular complexity index is 1140. The second kappa shape index (κ2) is 9.50. The molecule has 0 aliphatic rings. The molecule has 0 fully saturated rings. The van der Waals surface area contributed by atoms with Crippen molar-refractivity contribution in [1.82, 2.24) is 19.0 Å². The van der Waals surface area contributed by atoms with Crippen LogP contribution in [0.5, 0.6) is 0 Å². The van der Waals surface area contributed by atoms with Crippen LogP contribution < -0.4 is 27.7 Å². The molecule has 2 N–H and O–H groups in total. The van der Waals surface area contributed by atoms with Crippen molar-refractivity contribution in [2.24, 2.45) is 0 Å². The van der Waals surface area contributed by atoms with E-state index in [0.29, 0.717) is 10.3 Å². The molecule has 30 heavy (non-hydrogen) atoms. The van der Waals surface area contributed by atoms with Gasteiger partial charge in [-0.3, -0.25) is 10.1 Å². The van der Waals surface area contributed by atoms with Crippen molar-refractivity contribution in [3.05, 3.63) is 86.1 Å². The summed E-state index contributed by atoms with van der Waals surface area (Å²) < 4.78 is 2.10. The van der Waals surface area contributed by atoms with Gasteiger partial charge in [-0.1, -0.05) is 18.2 Å². The van der Waals surface area contributed by atoms with Gasteiger partial charge in [0.15, 0.2) is 0 Å². The lowest BCUT2D eigenvalue weighted by Crippen LogP contribution is -2.55. The molecule has 0 unspecified atom stereocenters. The van der Waals surface area contributed by atoms with Crippen LogP contribution in [0.4, 0.5) is 10.5 Å². The first-order chi connectivity index (χ1) is 14.2. The van der Waals surface area contributed by atoms with Gasteiger partial charge in [0.1, 0.15) is 6.54 Å². The molecule has 1 aromatic heterocycles. The Kier molecular flexibility index (Phi) is 7.08. The summed E-state index contributed by atoms with van der Waals surface area (Å²) in [5, 5.41) is 4.56. The molecule has 158 valence electrons. The number of hydrogen-bond donors (Lipinski definition) is 2. The van der Waals surface area contributed by atoms with E-state index in [1.54, 1.807) is 12.1 Å². The van der Waals surface area contributed by atoms with Crippen LogP contribution in [0.1, 0.15) is 11.1 Å². The minimum atomic E-state index is -0.977. The summed E-state index contributed by atoms with van der Waals surface area (Å²) in [5.41, 5.74) is -0.313. The molecular weight excluding hydrogens is 390 g/mol. The molecule has 0 saturated heterocycles. The number of allylic oxidation sites excluding steroid dienone is 2. The second-order valence-electron chi connectivity index (χ2n) is 6.53. The molecule has 0 atom stereocenters. The van der Waals surface area contributed by atoms with Gasteiger partial charge in [-0.25, -0.2) is 32.9 Å². The first-order valence-corrected chi connectivity index (χ1v) is 9.04. The minimum Gasteiger partial charge on any atom is -0.308 e. The molecule has 2 aromatic rings. The Balaban J connectivity index is 2.26. The fourth-order valence-electron chi connectivity index (χ4n) is 2.68. The highest BCUT2D eigenvalue weighted by molar-refractivity contribution is 6.01. The number of anilines is 1. The van der Waals surface area contributed by atoms with Crippen LogP contribution in [0.25, 0.3) is 0 Å². The smallest absolute Gasteiger partial charge is 0.308 e. The molecule has 0 bridgehead atoms. The number of carbonyl (C=O) groups excluding carboxylic acids is 2. The van der Waals surface area contributed by atoms with Gasteiger partial charge in [0.05, 0.1) is 13.1 Å². The van der Waals surface area contributed by atoms with E-state index in [-0.39, 0.29) is 13.1 Å². The van der Waals surface area contributed by atoms with Crippen LogP contribution in [-0.4, -0.2) is 25.6 Å². The number of benzene rings is 1. The maximum Gasteiger partial charge on any atom is 0.337 e. The molecule has 0 radical (unpaired) electrons. The Morgan fingerprint density at radius 3 is 1.93 bits per heavy atom. The number of aryl methyl sites for hydroxylation is 2. The van der Waals surface area contributed by atoms with Crippen molar-refractivity contribution < 1.29 is 9.59 Å². The summed E-state index contributed by atoms with van der Waals surface area (Å²) in [5.74, 6) is -0.899. The van der Waals surface area contributed by atoms with E-state index >= 15 is 0 Å². The van der Waals surface area contributed by atoms with Crippen LogP contribution >= 0.6 is 0 Å². The number of carbonyl (C=O) groups is 2. The van der Waals surface area contributed by atoms with Crippen molar-refractivity contribution in [3.8, 4) is 0 Å². The van der Waals surface area contributed by atoms with Crippen molar-refractivity contribution in [2.75, 3.05) is 5.32 Å². The summed E-state index contributed by atoms with van der Waals surface area (Å²) in [4.78, 5) is 61.6. The van der Waals surface area contributed by atoms with Gasteiger partial charge < -0.3 is 5.32 Å². The summed E-state index contributed by atoms with van der Waals surface area (Å²) in [6.45, 7) is 9.70. The van der Waals surface area contributed by atoms with Gasteiger partial charge in [-0.15, -0.1) is 13.2 Å². The number of hydrogen-bond acceptors (Lipinski definition) is 5. The Morgan fingerprint density at radius 2 is 1.43 bits per heavy atom. The Hall–Kier alpha value is -3.95. The zero-order valence-electron chi connectivity index (χ0n) is 16.8. The molecule has 0 aliphatic carbocycles. The van der Waals surface area contributed by atoms with E-state index in [9.17, 15) is 24.0 Å². The van der Waals surface area contributed by atoms with E-state index in [2.05, 4.69) is 23.8 Å². The van der Waals surface area contributed by atoms with Crippen molar-refractivity contribution >= 4 is 17.6 Å². The van der Waals surface area contributed by atoms with E-state index in [4.69, 9.17) is 0 Å². The largest absolute Gasteiger partial charge is 0.337 e. The van der Waals surface area contributed by atoms with E-state index in [0.717, 1.165) is 20.3 Å². The second-order valence-corrected chi connectivity index (χ2v) is 6.53. The Morgan fingerprint density at radius 1 is 0.900 bits per heavy atom. The molecule has 0 spiro atoms. The number of nitrogens with one attached hydrogen (secondary N) is 2. The lowest BCUT2D eigenvalue weighted by atomic mass is 10.1. The normalized spacial score (nSPS) is 10.3. The first kappa shape index (κ1) is 22.3. The Labute approximate surface area is 171 Å². The van der Waals surface area contributed by atoms with Crippen molar-refractivity contribution in [2.45, 2.75) is 33.5 Å². The van der Waals surface area contributed by atoms with Gasteiger partial charge in [0.25, 0.3) is 0 Å². The molecule has 2 rings (SSSR count). The molecule has 10 heteroatoms. The average molecular weight is 413 g/mol. The van der Waals surface area contributed by atoms with Crippen molar-refractivity contribution in [1.29, 1.82) is 0 Å². The number of amides is 3. The quantitative estimate of drug-likeness (QED) is 0.640. The third kappa shape index (κ3) is 4.90. The fraction of sp³-hybridized carbons (Fsp3) is 0.250. The lowest BCUT2D eigenvalue weighted by molar-refractivity contribution is -0.120. The molecule has 10 nitrogen and oxygen atoms in total. The van der Waals surface area contributed by atoms with E-state index < -0.39 is 35.6 Å². The zero-order valence-corrected chi connectivity index (χ0v) is 16.8. The van der Waals surface area contributed by atoms with Crippen LogP contribution in [0.3, 0.4) is 0 Å². The van der Waals surface area contributed by atoms with Gasteiger partial charge in [-0.2, -0.15) is 0 Å². The number of imide groups is 1. The summed E-state index contributed by atoms with van der Waals surface area (Å²) >= 11 is 0. The van der Waals surface area contributed by atoms with Gasteiger partial charge in [0.2, 0.25) is 5.91 Å². The van der Waals surface area contributed by atoms with Crippen LogP contribution in [0, 0.1) is 13.8 Å². The average Bonchev–Trinajstić information content (AvgIpc) is 2.68. The topological polar surface area (TPSA) is 124 Å². The van der Waals surface area contributed by atoms with Crippen LogP contribution in [0.15, 0.2) is 57.9 Å². The third-order valence-electron chi connectivity index (χ3n) is 4.33. The zero-order chi connectivity index (χ0) is 22.4. The molecular formula is C20H23N5O5. The number of aromatic nitrogens is 3. The summed E-state index contributed by atoms with van der Waals surface area (Å²) in [6.07, 6.45) is 2.62. The molecule has 0 aliphatic heterocycles. The van der Waals surface area contributed by atoms with Gasteiger partial charge >= 0.3 is 23.1 Å². The van der Waals surface area contributed by atoms with Gasteiger partial charge in [-0.05, 0) is 37.1 Å². The molecule has 1 aromatic carbocycles. The van der Waals surface area contributed by atoms with Crippen LogP contribution in [-0.2, 0) is 24.4 Å². The lowest BCUT2D eigenvalue weighted by Gasteiger charge is -2.12. The maximum absolute atomic E-state index is 12.5. The standard InChI is InChI=1S/C20H23N5O5/c1-5-9-23-18(28)24(10-6-2)20(30)25(19(23)29)12-16(26)22-17(27)21-15-8-7-13(3)14(4)11-15/h5-8,11H,1-2,9-10,12H2,3-4H3,(H2,21,22,26,27). The predicted molar refractivity (Wildman–Crippen MR) is 113 cm³/mol. The summed E-state index contributed by atoms with van der Waals surface area (Å²) in [6, 6.07) is 4.41. The molecule has 0 saturated carbocycles. The minimum absolute atomic E-state index is 0.149. The fourth-order valence-corrected chi connectivity index (χ4v) is 2.68. The third-order valence-corrected chi connectivity index (χ3v) is 4.33. The number of nitrogens with zero attached hydrogens (tertiary/aromatic N) is 3. The number of rotatable bonds is 7. The molecule has 1 heterocycles. The predicted octanol–water partition coefficient (Wildman–Crippen LogP) is 0.509. The van der Waals surface area contributed by atoms with Crippen molar-refractivity contribution in [3.63, 3.8) is 0 Å². The highest BCUT2D eigenvalue weighted by Gasteiger charge is 2.17. The maximum atomic E-state index is 12.5. The van der Waals surface area contributed by atoms with E-state index in [1.165, 1.54) is 12.2 Å². The monoisotopic (exact) mass is 413 g/mol. The molecule has 3 amide bonds.